The summed E-state index contributed by atoms with van der Waals surface area (Å²) in [6, 6.07) is 4.62. The fourth-order valence-electron chi connectivity index (χ4n) is 2.40. The molecule has 0 spiro atoms. The molecule has 1 saturated carbocycles. The molecule has 2 unspecified atom stereocenters. The second-order valence-corrected chi connectivity index (χ2v) is 4.66. The van der Waals surface area contributed by atoms with Gasteiger partial charge in [-0.15, -0.1) is 0 Å². The molecule has 2 atom stereocenters. The van der Waals surface area contributed by atoms with Crippen molar-refractivity contribution in [3.8, 4) is 0 Å². The Kier molecular flexibility index (Phi) is 4.11. The number of rotatable bonds is 5. The number of carbonyl (C=O) groups excluding carboxylic acids is 1. The zero-order chi connectivity index (χ0) is 13.8. The molecule has 6 heteroatoms. The first-order chi connectivity index (χ1) is 9.13. The van der Waals surface area contributed by atoms with E-state index in [1.165, 1.54) is 6.07 Å². The minimum Gasteiger partial charge on any atom is -0.381 e. The first kappa shape index (κ1) is 13.5. The number of hydrogen-bond donors (Lipinski definition) is 1. The highest BCUT2D eigenvalue weighted by atomic mass is 16.6. The molecule has 0 saturated heterocycles. The maximum atomic E-state index is 11.0. The Morgan fingerprint density at radius 2 is 2.26 bits per heavy atom. The van der Waals surface area contributed by atoms with E-state index in [9.17, 15) is 14.9 Å². The lowest BCUT2D eigenvalue weighted by molar-refractivity contribution is -0.384. The summed E-state index contributed by atoms with van der Waals surface area (Å²) in [6.07, 6.45) is 3.53. The smallest absolute Gasteiger partial charge is 0.293 e. The number of carbonyl (C=O) groups is 1. The van der Waals surface area contributed by atoms with Crippen LogP contribution in [0.4, 0.5) is 11.4 Å². The van der Waals surface area contributed by atoms with Crippen LogP contribution < -0.4 is 5.32 Å². The summed E-state index contributed by atoms with van der Waals surface area (Å²) in [5.41, 5.74) is 0.696. The second kappa shape index (κ2) is 5.79. The van der Waals surface area contributed by atoms with Crippen molar-refractivity contribution in [2.45, 2.75) is 31.4 Å². The molecule has 0 heterocycles. The van der Waals surface area contributed by atoms with Gasteiger partial charge in [-0.05, 0) is 31.4 Å². The van der Waals surface area contributed by atoms with Crippen molar-refractivity contribution in [2.24, 2.45) is 0 Å². The average molecular weight is 264 g/mol. The molecule has 1 aliphatic carbocycles. The number of methoxy groups -OCH3 is 1. The van der Waals surface area contributed by atoms with Crippen molar-refractivity contribution < 1.29 is 14.5 Å². The number of nitro groups is 1. The number of nitrogens with one attached hydrogen (secondary N) is 1. The monoisotopic (exact) mass is 264 g/mol. The van der Waals surface area contributed by atoms with Crippen LogP contribution >= 0.6 is 0 Å². The van der Waals surface area contributed by atoms with Crippen molar-refractivity contribution in [1.29, 1.82) is 0 Å². The molecule has 1 aliphatic rings. The third-order valence-corrected chi connectivity index (χ3v) is 3.43. The SMILES string of the molecule is COC1CCC(Nc2ccc(C=O)cc2[N+](=O)[O-])C1. The number of anilines is 1. The topological polar surface area (TPSA) is 81.5 Å². The second-order valence-electron chi connectivity index (χ2n) is 4.66. The molecule has 0 aliphatic heterocycles. The number of nitrogens with zero attached hydrogens (tertiary/aromatic N) is 1. The predicted molar refractivity (Wildman–Crippen MR) is 70.5 cm³/mol. The molecule has 1 N–H and O–H groups in total. The summed E-state index contributed by atoms with van der Waals surface area (Å²) in [7, 11) is 1.67. The van der Waals surface area contributed by atoms with Gasteiger partial charge in [0.2, 0.25) is 0 Å². The molecule has 0 bridgehead atoms. The number of ether oxygens (including phenoxy) is 1. The van der Waals surface area contributed by atoms with Crippen LogP contribution in [0.1, 0.15) is 29.6 Å². The first-order valence-corrected chi connectivity index (χ1v) is 6.17. The lowest BCUT2D eigenvalue weighted by Gasteiger charge is -2.14. The number of nitro benzene ring substituents is 1. The Balaban J connectivity index is 2.16. The van der Waals surface area contributed by atoms with E-state index in [2.05, 4.69) is 5.32 Å². The van der Waals surface area contributed by atoms with Gasteiger partial charge in [-0.2, -0.15) is 0 Å². The Bertz CT molecular complexity index is 490. The Hall–Kier alpha value is -1.95. The number of aldehydes is 1. The summed E-state index contributed by atoms with van der Waals surface area (Å²) < 4.78 is 5.27. The molecule has 1 aromatic carbocycles. The zero-order valence-electron chi connectivity index (χ0n) is 10.7. The highest BCUT2D eigenvalue weighted by molar-refractivity contribution is 5.79. The highest BCUT2D eigenvalue weighted by Gasteiger charge is 2.26. The van der Waals surface area contributed by atoms with Crippen LogP contribution in [0.2, 0.25) is 0 Å². The van der Waals surface area contributed by atoms with Gasteiger partial charge in [0.1, 0.15) is 12.0 Å². The van der Waals surface area contributed by atoms with Crippen molar-refractivity contribution >= 4 is 17.7 Å². The van der Waals surface area contributed by atoms with Gasteiger partial charge in [0, 0.05) is 24.8 Å². The summed E-state index contributed by atoms with van der Waals surface area (Å²) >= 11 is 0. The van der Waals surface area contributed by atoms with Crippen LogP contribution in [0.15, 0.2) is 18.2 Å². The van der Waals surface area contributed by atoms with Crippen LogP contribution in [0, 0.1) is 10.1 Å². The van der Waals surface area contributed by atoms with E-state index in [-0.39, 0.29) is 17.8 Å². The molecule has 102 valence electrons. The van der Waals surface area contributed by atoms with Crippen LogP contribution in [0.3, 0.4) is 0 Å². The van der Waals surface area contributed by atoms with E-state index in [1.54, 1.807) is 19.2 Å². The van der Waals surface area contributed by atoms with E-state index in [0.29, 0.717) is 17.5 Å². The quantitative estimate of drug-likeness (QED) is 0.501. The van der Waals surface area contributed by atoms with Crippen LogP contribution in [-0.4, -0.2) is 30.5 Å². The lowest BCUT2D eigenvalue weighted by Crippen LogP contribution is -2.18. The maximum absolute atomic E-state index is 11.0. The van der Waals surface area contributed by atoms with Gasteiger partial charge in [0.15, 0.2) is 0 Å². The number of benzene rings is 1. The fraction of sp³-hybridized carbons (Fsp3) is 0.462. The Labute approximate surface area is 110 Å². The van der Waals surface area contributed by atoms with Crippen molar-refractivity contribution in [3.63, 3.8) is 0 Å². The molecular formula is C13H16N2O4. The molecule has 6 nitrogen and oxygen atoms in total. The minimum atomic E-state index is -0.474. The fourth-order valence-corrected chi connectivity index (χ4v) is 2.40. The van der Waals surface area contributed by atoms with Gasteiger partial charge in [-0.1, -0.05) is 0 Å². The molecule has 19 heavy (non-hydrogen) atoms. The predicted octanol–water partition coefficient (Wildman–Crippen LogP) is 2.39. The van der Waals surface area contributed by atoms with Crippen LogP contribution in [-0.2, 0) is 4.74 Å². The van der Waals surface area contributed by atoms with E-state index < -0.39 is 4.92 Å². The maximum Gasteiger partial charge on any atom is 0.293 e. The van der Waals surface area contributed by atoms with Gasteiger partial charge in [-0.3, -0.25) is 14.9 Å². The third-order valence-electron chi connectivity index (χ3n) is 3.43. The van der Waals surface area contributed by atoms with E-state index >= 15 is 0 Å². The molecule has 1 aromatic rings. The summed E-state index contributed by atoms with van der Waals surface area (Å²) in [5.74, 6) is 0. The van der Waals surface area contributed by atoms with Gasteiger partial charge in [0.05, 0.1) is 11.0 Å². The van der Waals surface area contributed by atoms with Gasteiger partial charge >= 0.3 is 0 Å². The largest absolute Gasteiger partial charge is 0.381 e. The summed E-state index contributed by atoms with van der Waals surface area (Å²) in [5, 5.41) is 14.2. The minimum absolute atomic E-state index is 0.0644. The zero-order valence-corrected chi connectivity index (χ0v) is 10.7. The van der Waals surface area contributed by atoms with Gasteiger partial charge in [0.25, 0.3) is 5.69 Å². The first-order valence-electron chi connectivity index (χ1n) is 6.17. The molecular weight excluding hydrogens is 248 g/mol. The molecule has 2 rings (SSSR count). The molecule has 0 aromatic heterocycles. The molecule has 0 radical (unpaired) electrons. The summed E-state index contributed by atoms with van der Waals surface area (Å²) in [4.78, 5) is 21.2. The van der Waals surface area contributed by atoms with Gasteiger partial charge in [-0.25, -0.2) is 0 Å². The van der Waals surface area contributed by atoms with Crippen molar-refractivity contribution in [1.82, 2.24) is 0 Å². The Morgan fingerprint density at radius 3 is 2.84 bits per heavy atom. The van der Waals surface area contributed by atoms with E-state index in [0.717, 1.165) is 19.3 Å². The Morgan fingerprint density at radius 1 is 1.47 bits per heavy atom. The van der Waals surface area contributed by atoms with Gasteiger partial charge < -0.3 is 10.1 Å². The lowest BCUT2D eigenvalue weighted by atomic mass is 10.1. The van der Waals surface area contributed by atoms with E-state index in [1.807, 2.05) is 0 Å². The standard InChI is InChI=1S/C13H16N2O4/c1-19-11-4-3-10(7-11)14-12-5-2-9(8-16)6-13(12)15(17)18/h2,5-6,8,10-11,14H,3-4,7H2,1H3. The third kappa shape index (κ3) is 3.08. The van der Waals surface area contributed by atoms with Crippen molar-refractivity contribution in [2.75, 3.05) is 12.4 Å². The van der Waals surface area contributed by atoms with Crippen molar-refractivity contribution in [3.05, 3.63) is 33.9 Å². The van der Waals surface area contributed by atoms with E-state index in [4.69, 9.17) is 4.74 Å². The van der Waals surface area contributed by atoms with Crippen LogP contribution in [0.25, 0.3) is 0 Å². The normalized spacial score (nSPS) is 22.2. The molecule has 0 amide bonds. The molecule has 1 fully saturated rings. The number of hydrogen-bond acceptors (Lipinski definition) is 5. The highest BCUT2D eigenvalue weighted by Crippen LogP contribution is 2.30. The average Bonchev–Trinajstić information content (AvgIpc) is 2.86. The summed E-state index contributed by atoms with van der Waals surface area (Å²) in [6.45, 7) is 0. The van der Waals surface area contributed by atoms with Crippen LogP contribution in [0.5, 0.6) is 0 Å².